The third-order valence-corrected chi connectivity index (χ3v) is 4.18. The summed E-state index contributed by atoms with van der Waals surface area (Å²) in [4.78, 5) is 19.4. The predicted octanol–water partition coefficient (Wildman–Crippen LogP) is 3.52. The fourth-order valence-corrected chi connectivity index (χ4v) is 2.72. The molecule has 0 bridgehead atoms. The number of oxime groups is 1. The molecule has 1 aliphatic rings. The number of amides is 2. The van der Waals surface area contributed by atoms with Crippen LogP contribution in [0.1, 0.15) is 23.1 Å². The van der Waals surface area contributed by atoms with Gasteiger partial charge in [-0.05, 0) is 30.7 Å². The Morgan fingerprint density at radius 1 is 1.35 bits per heavy atom. The second-order valence-corrected chi connectivity index (χ2v) is 6.34. The number of urea groups is 1. The lowest BCUT2D eigenvalue weighted by molar-refractivity contribution is 0.0672. The molecule has 1 unspecified atom stereocenters. The number of rotatable bonds is 4. The minimum atomic E-state index is -0.257. The smallest absolute Gasteiger partial charge is 0.321 e. The molecule has 2 aromatic rings. The summed E-state index contributed by atoms with van der Waals surface area (Å²) in [6, 6.07) is 16.7. The maximum atomic E-state index is 12.3. The van der Waals surface area contributed by atoms with Crippen LogP contribution in [0.4, 0.5) is 10.5 Å². The maximum absolute atomic E-state index is 12.3. The number of nitrogens with zero attached hydrogens (tertiary/aromatic N) is 3. The number of carbonyl (C=O) groups is 1. The molecule has 6 nitrogen and oxygen atoms in total. The standard InChI is InChI=1S/C20H20N4O2/c1-14-6-8-16(9-7-14)19-11-18(26-23-19)13-24(2)20(25)22-17-5-3-4-15(10-17)12-21/h3-10,18H,11,13H2,1-2H3,(H,22,25). The maximum Gasteiger partial charge on any atom is 0.321 e. The van der Waals surface area contributed by atoms with Gasteiger partial charge < -0.3 is 15.1 Å². The topological polar surface area (TPSA) is 77.7 Å². The second kappa shape index (κ2) is 7.70. The van der Waals surface area contributed by atoms with Crippen molar-refractivity contribution in [2.75, 3.05) is 18.9 Å². The number of carbonyl (C=O) groups excluding carboxylic acids is 1. The highest BCUT2D eigenvalue weighted by atomic mass is 16.6. The Bertz CT molecular complexity index is 868. The van der Waals surface area contributed by atoms with Crippen molar-refractivity contribution in [1.82, 2.24) is 4.90 Å². The zero-order valence-corrected chi connectivity index (χ0v) is 14.8. The van der Waals surface area contributed by atoms with Gasteiger partial charge in [-0.25, -0.2) is 4.79 Å². The Balaban J connectivity index is 1.54. The number of likely N-dealkylation sites (N-methyl/N-ethyl adjacent to an activating group) is 1. The van der Waals surface area contributed by atoms with Crippen LogP contribution in [0, 0.1) is 18.3 Å². The number of benzene rings is 2. The number of nitriles is 1. The molecular formula is C20H20N4O2. The molecule has 0 spiro atoms. The van der Waals surface area contributed by atoms with E-state index in [0.717, 1.165) is 11.3 Å². The summed E-state index contributed by atoms with van der Waals surface area (Å²) in [5, 5.41) is 15.9. The van der Waals surface area contributed by atoms with Gasteiger partial charge in [0.2, 0.25) is 0 Å². The number of aryl methyl sites for hydroxylation is 1. The molecule has 3 rings (SSSR count). The SMILES string of the molecule is Cc1ccc(C2=NOC(CN(C)C(=O)Nc3cccc(C#N)c3)C2)cc1. The minimum Gasteiger partial charge on any atom is -0.390 e. The van der Waals surface area contributed by atoms with Gasteiger partial charge in [-0.3, -0.25) is 0 Å². The lowest BCUT2D eigenvalue weighted by Gasteiger charge is -2.20. The largest absolute Gasteiger partial charge is 0.390 e. The summed E-state index contributed by atoms with van der Waals surface area (Å²) in [5.41, 5.74) is 4.22. The summed E-state index contributed by atoms with van der Waals surface area (Å²) in [6.07, 6.45) is 0.484. The van der Waals surface area contributed by atoms with E-state index in [2.05, 4.69) is 16.5 Å². The first kappa shape index (κ1) is 17.5. The normalized spacial score (nSPS) is 15.6. The van der Waals surface area contributed by atoms with Gasteiger partial charge in [0.25, 0.3) is 0 Å². The highest BCUT2D eigenvalue weighted by molar-refractivity contribution is 6.01. The van der Waals surface area contributed by atoms with Crippen molar-refractivity contribution in [1.29, 1.82) is 5.26 Å². The van der Waals surface area contributed by atoms with E-state index in [1.54, 1.807) is 36.2 Å². The molecule has 1 atom stereocenters. The first-order chi connectivity index (χ1) is 12.5. The average Bonchev–Trinajstić information content (AvgIpc) is 3.11. The van der Waals surface area contributed by atoms with E-state index < -0.39 is 0 Å². The van der Waals surface area contributed by atoms with Crippen molar-refractivity contribution in [3.8, 4) is 6.07 Å². The molecule has 2 amide bonds. The molecule has 1 heterocycles. The number of nitrogens with one attached hydrogen (secondary N) is 1. The second-order valence-electron chi connectivity index (χ2n) is 6.34. The fraction of sp³-hybridized carbons (Fsp3) is 0.250. The van der Waals surface area contributed by atoms with Crippen LogP contribution in [0.15, 0.2) is 53.7 Å². The van der Waals surface area contributed by atoms with Crippen molar-refractivity contribution in [2.24, 2.45) is 5.16 Å². The molecule has 26 heavy (non-hydrogen) atoms. The van der Waals surface area contributed by atoms with Crippen LogP contribution in [0.5, 0.6) is 0 Å². The number of anilines is 1. The van der Waals surface area contributed by atoms with Crippen LogP contribution in [0.3, 0.4) is 0 Å². The molecule has 0 saturated carbocycles. The van der Waals surface area contributed by atoms with Gasteiger partial charge in [0.15, 0.2) is 6.10 Å². The van der Waals surface area contributed by atoms with Crippen molar-refractivity contribution in [3.05, 3.63) is 65.2 Å². The van der Waals surface area contributed by atoms with Crippen molar-refractivity contribution in [2.45, 2.75) is 19.4 Å². The Hall–Kier alpha value is -3.33. The molecule has 1 aliphatic heterocycles. The van der Waals surface area contributed by atoms with Crippen LogP contribution in [-0.2, 0) is 4.84 Å². The van der Waals surface area contributed by atoms with Crippen LogP contribution in [0.25, 0.3) is 0 Å². The van der Waals surface area contributed by atoms with E-state index in [4.69, 9.17) is 10.1 Å². The summed E-state index contributed by atoms with van der Waals surface area (Å²) in [7, 11) is 1.71. The molecule has 132 valence electrons. The first-order valence-corrected chi connectivity index (χ1v) is 8.37. The van der Waals surface area contributed by atoms with Crippen LogP contribution in [-0.4, -0.2) is 36.3 Å². The summed E-state index contributed by atoms with van der Waals surface area (Å²) >= 11 is 0. The molecule has 0 radical (unpaired) electrons. The van der Waals surface area contributed by atoms with E-state index in [0.29, 0.717) is 24.2 Å². The zero-order valence-electron chi connectivity index (χ0n) is 14.8. The van der Waals surface area contributed by atoms with Gasteiger partial charge in [-0.2, -0.15) is 5.26 Å². The highest BCUT2D eigenvalue weighted by Crippen LogP contribution is 2.18. The lowest BCUT2D eigenvalue weighted by atomic mass is 10.0. The minimum absolute atomic E-state index is 0.174. The van der Waals surface area contributed by atoms with E-state index in [1.165, 1.54) is 5.56 Å². The van der Waals surface area contributed by atoms with Crippen LogP contribution >= 0.6 is 0 Å². The molecule has 0 fully saturated rings. The van der Waals surface area contributed by atoms with Gasteiger partial charge in [0, 0.05) is 19.2 Å². The molecular weight excluding hydrogens is 328 g/mol. The van der Waals surface area contributed by atoms with Gasteiger partial charge in [0.05, 0.1) is 23.9 Å². The quantitative estimate of drug-likeness (QED) is 0.918. The number of hydrogen-bond acceptors (Lipinski definition) is 4. The molecule has 0 aromatic heterocycles. The van der Waals surface area contributed by atoms with Crippen LogP contribution < -0.4 is 5.32 Å². The molecule has 0 aliphatic carbocycles. The highest BCUT2D eigenvalue weighted by Gasteiger charge is 2.25. The Labute approximate surface area is 152 Å². The van der Waals surface area contributed by atoms with Gasteiger partial charge in [-0.15, -0.1) is 0 Å². The summed E-state index contributed by atoms with van der Waals surface area (Å²) in [6.45, 7) is 2.46. The Morgan fingerprint density at radius 3 is 2.85 bits per heavy atom. The molecule has 1 N–H and O–H groups in total. The lowest BCUT2D eigenvalue weighted by Crippen LogP contribution is -2.37. The predicted molar refractivity (Wildman–Crippen MR) is 100 cm³/mol. The van der Waals surface area contributed by atoms with Crippen molar-refractivity contribution < 1.29 is 9.63 Å². The molecule has 6 heteroatoms. The van der Waals surface area contributed by atoms with E-state index in [9.17, 15) is 4.79 Å². The van der Waals surface area contributed by atoms with Gasteiger partial charge in [0.1, 0.15) is 0 Å². The van der Waals surface area contributed by atoms with Gasteiger partial charge >= 0.3 is 6.03 Å². The van der Waals surface area contributed by atoms with Crippen molar-refractivity contribution >= 4 is 17.4 Å². The third-order valence-electron chi connectivity index (χ3n) is 4.18. The molecule has 0 saturated heterocycles. The van der Waals surface area contributed by atoms with E-state index in [-0.39, 0.29) is 12.1 Å². The fourth-order valence-electron chi connectivity index (χ4n) is 2.72. The Kier molecular flexibility index (Phi) is 5.18. The monoisotopic (exact) mass is 348 g/mol. The van der Waals surface area contributed by atoms with E-state index in [1.807, 2.05) is 31.2 Å². The average molecular weight is 348 g/mol. The first-order valence-electron chi connectivity index (χ1n) is 8.37. The third kappa shape index (κ3) is 4.19. The van der Waals surface area contributed by atoms with Crippen LogP contribution in [0.2, 0.25) is 0 Å². The summed E-state index contributed by atoms with van der Waals surface area (Å²) in [5.74, 6) is 0. The summed E-state index contributed by atoms with van der Waals surface area (Å²) < 4.78 is 0. The Morgan fingerprint density at radius 2 is 2.12 bits per heavy atom. The number of hydrogen-bond donors (Lipinski definition) is 1. The van der Waals surface area contributed by atoms with Crippen molar-refractivity contribution in [3.63, 3.8) is 0 Å². The van der Waals surface area contributed by atoms with Gasteiger partial charge in [-0.1, -0.05) is 41.1 Å². The zero-order chi connectivity index (χ0) is 18.5. The van der Waals surface area contributed by atoms with E-state index >= 15 is 0 Å². The molecule has 2 aromatic carbocycles.